The van der Waals surface area contributed by atoms with Gasteiger partial charge in [0.15, 0.2) is 6.61 Å². The first-order valence-electron chi connectivity index (χ1n) is 10.4. The predicted molar refractivity (Wildman–Crippen MR) is 125 cm³/mol. The van der Waals surface area contributed by atoms with Crippen molar-refractivity contribution in [1.29, 1.82) is 0 Å². The Hall–Kier alpha value is -2.99. The number of aromatic amines is 1. The number of aryl methyl sites for hydroxylation is 2. The number of H-pyrrole nitrogens is 1. The second-order valence-corrected chi connectivity index (χ2v) is 7.91. The van der Waals surface area contributed by atoms with Crippen molar-refractivity contribution >= 4 is 40.0 Å². The maximum Gasteiger partial charge on any atom is 0.260 e. The molecule has 0 unspecified atom stereocenters. The second kappa shape index (κ2) is 9.88. The summed E-state index contributed by atoms with van der Waals surface area (Å²) in [7, 11) is 0. The normalized spacial score (nSPS) is 10.9. The number of benzene rings is 2. The summed E-state index contributed by atoms with van der Waals surface area (Å²) in [5, 5.41) is 4.29. The minimum absolute atomic E-state index is 0.0770. The molecule has 0 fully saturated rings. The first-order valence-corrected chi connectivity index (χ1v) is 10.8. The fraction of sp³-hybridized carbons (Fsp3) is 0.333. The van der Waals surface area contributed by atoms with E-state index in [-0.39, 0.29) is 24.8 Å². The molecular weight excluding hydrogens is 414 g/mol. The molecule has 1 aromatic heterocycles. The van der Waals surface area contributed by atoms with Crippen LogP contribution in [0.1, 0.15) is 30.7 Å². The highest BCUT2D eigenvalue weighted by molar-refractivity contribution is 6.32. The molecule has 2 aromatic carbocycles. The van der Waals surface area contributed by atoms with E-state index in [4.69, 9.17) is 16.3 Å². The van der Waals surface area contributed by atoms with Gasteiger partial charge < -0.3 is 19.9 Å². The van der Waals surface area contributed by atoms with Gasteiger partial charge in [-0.1, -0.05) is 23.2 Å². The molecule has 2 N–H and O–H groups in total. The summed E-state index contributed by atoms with van der Waals surface area (Å²) in [6, 6.07) is 11.2. The highest BCUT2D eigenvalue weighted by Crippen LogP contribution is 2.28. The molecular formula is C24H28ClN3O3. The number of carbonyl (C=O) groups excluding carboxylic acids is 2. The number of nitrogens with one attached hydrogen (secondary N) is 2. The molecule has 0 aliphatic carbocycles. The average Bonchev–Trinajstić information content (AvgIpc) is 3.03. The number of carbonyl (C=O) groups is 2. The largest absolute Gasteiger partial charge is 0.482 e. The quantitative estimate of drug-likeness (QED) is 0.523. The molecule has 7 heteroatoms. The van der Waals surface area contributed by atoms with Crippen LogP contribution in [0.3, 0.4) is 0 Å². The third-order valence-corrected chi connectivity index (χ3v) is 5.59. The van der Waals surface area contributed by atoms with Crippen molar-refractivity contribution < 1.29 is 14.3 Å². The maximum atomic E-state index is 12.7. The van der Waals surface area contributed by atoms with Crippen LogP contribution in [0, 0.1) is 13.8 Å². The van der Waals surface area contributed by atoms with E-state index in [1.165, 1.54) is 0 Å². The first kappa shape index (κ1) is 22.7. The highest BCUT2D eigenvalue weighted by Gasteiger charge is 2.15. The Balaban J connectivity index is 1.65. The lowest BCUT2D eigenvalue weighted by atomic mass is 10.1. The molecule has 0 saturated heterocycles. The molecule has 0 aliphatic heterocycles. The van der Waals surface area contributed by atoms with Crippen molar-refractivity contribution in [3.63, 3.8) is 0 Å². The lowest BCUT2D eigenvalue weighted by Gasteiger charge is -2.19. The molecule has 3 rings (SSSR count). The fourth-order valence-electron chi connectivity index (χ4n) is 3.59. The number of hydrogen-bond donors (Lipinski definition) is 2. The van der Waals surface area contributed by atoms with E-state index < -0.39 is 0 Å². The Morgan fingerprint density at radius 2 is 1.84 bits per heavy atom. The third kappa shape index (κ3) is 5.39. The number of rotatable bonds is 8. The van der Waals surface area contributed by atoms with Gasteiger partial charge in [-0.25, -0.2) is 0 Å². The van der Waals surface area contributed by atoms with Gasteiger partial charge in [0.2, 0.25) is 5.91 Å². The summed E-state index contributed by atoms with van der Waals surface area (Å²) in [5.41, 5.74) is 4.71. The van der Waals surface area contributed by atoms with E-state index in [1.807, 2.05) is 39.8 Å². The van der Waals surface area contributed by atoms with Gasteiger partial charge in [-0.15, -0.1) is 0 Å². The van der Waals surface area contributed by atoms with Crippen molar-refractivity contribution in [1.82, 2.24) is 9.88 Å². The van der Waals surface area contributed by atoms with Gasteiger partial charge in [-0.05, 0) is 63.6 Å². The highest BCUT2D eigenvalue weighted by atomic mass is 35.5. The summed E-state index contributed by atoms with van der Waals surface area (Å²) in [6.45, 7) is 9.04. The topological polar surface area (TPSA) is 74.4 Å². The molecule has 164 valence electrons. The van der Waals surface area contributed by atoms with Crippen molar-refractivity contribution in [3.05, 3.63) is 58.2 Å². The maximum absolute atomic E-state index is 12.7. The number of hydrogen-bond acceptors (Lipinski definition) is 3. The van der Waals surface area contributed by atoms with Gasteiger partial charge in [0.05, 0.1) is 11.4 Å². The zero-order valence-electron chi connectivity index (χ0n) is 18.3. The van der Waals surface area contributed by atoms with Gasteiger partial charge in [0.1, 0.15) is 5.75 Å². The van der Waals surface area contributed by atoms with Crippen LogP contribution >= 0.6 is 11.6 Å². The SMILES string of the molecule is CCN(CC)C(=O)COc1ccc(NC(=O)Cc2c(C)[nH]c3ccc(C)cc23)cc1Cl. The van der Waals surface area contributed by atoms with Crippen molar-refractivity contribution in [2.24, 2.45) is 0 Å². The zero-order chi connectivity index (χ0) is 22.5. The van der Waals surface area contributed by atoms with Gasteiger partial charge in [0.25, 0.3) is 5.91 Å². The smallest absolute Gasteiger partial charge is 0.260 e. The molecule has 1 heterocycles. The Labute approximate surface area is 187 Å². The number of ether oxygens (including phenoxy) is 1. The van der Waals surface area contributed by atoms with E-state index in [1.54, 1.807) is 23.1 Å². The van der Waals surface area contributed by atoms with Gasteiger partial charge in [0, 0.05) is 35.4 Å². The van der Waals surface area contributed by atoms with E-state index in [0.29, 0.717) is 29.5 Å². The van der Waals surface area contributed by atoms with Crippen LogP contribution in [-0.4, -0.2) is 41.4 Å². The third-order valence-electron chi connectivity index (χ3n) is 5.30. The molecule has 0 atom stereocenters. The van der Waals surface area contributed by atoms with E-state index in [0.717, 1.165) is 27.7 Å². The van der Waals surface area contributed by atoms with Crippen LogP contribution in [0.2, 0.25) is 5.02 Å². The molecule has 6 nitrogen and oxygen atoms in total. The Morgan fingerprint density at radius 1 is 1.10 bits per heavy atom. The van der Waals surface area contributed by atoms with Gasteiger partial charge >= 0.3 is 0 Å². The van der Waals surface area contributed by atoms with Crippen LogP contribution in [0.15, 0.2) is 36.4 Å². The zero-order valence-corrected chi connectivity index (χ0v) is 19.1. The number of nitrogens with zero attached hydrogens (tertiary/aromatic N) is 1. The van der Waals surface area contributed by atoms with Gasteiger partial charge in [-0.3, -0.25) is 9.59 Å². The first-order chi connectivity index (χ1) is 14.8. The predicted octanol–water partition coefficient (Wildman–Crippen LogP) is 4.87. The molecule has 0 bridgehead atoms. The Bertz CT molecular complexity index is 1100. The minimum atomic E-state index is -0.132. The van der Waals surface area contributed by atoms with Crippen molar-refractivity contribution in [3.8, 4) is 5.75 Å². The summed E-state index contributed by atoms with van der Waals surface area (Å²) in [5.74, 6) is 0.179. The number of halogens is 1. The van der Waals surface area contributed by atoms with Crippen LogP contribution in [0.25, 0.3) is 10.9 Å². The lowest BCUT2D eigenvalue weighted by molar-refractivity contribution is -0.133. The second-order valence-electron chi connectivity index (χ2n) is 7.50. The van der Waals surface area contributed by atoms with E-state index in [2.05, 4.69) is 16.4 Å². The standard InChI is InChI=1S/C24H28ClN3O3/c1-5-28(6-2)24(30)14-31-22-10-8-17(12-20(22)25)27-23(29)13-18-16(4)26-21-9-7-15(3)11-19(18)21/h7-12,26H,5-6,13-14H2,1-4H3,(H,27,29). The molecule has 0 saturated carbocycles. The molecule has 2 amide bonds. The summed E-state index contributed by atoms with van der Waals surface area (Å²) < 4.78 is 5.56. The van der Waals surface area contributed by atoms with Crippen LogP contribution in [-0.2, 0) is 16.0 Å². The van der Waals surface area contributed by atoms with Gasteiger partial charge in [-0.2, -0.15) is 0 Å². The summed E-state index contributed by atoms with van der Waals surface area (Å²) in [6.07, 6.45) is 0.254. The molecule has 31 heavy (non-hydrogen) atoms. The molecule has 0 aliphatic rings. The van der Waals surface area contributed by atoms with Crippen LogP contribution in [0.4, 0.5) is 5.69 Å². The molecule has 3 aromatic rings. The number of anilines is 1. The number of fused-ring (bicyclic) bond motifs is 1. The summed E-state index contributed by atoms with van der Waals surface area (Å²) in [4.78, 5) is 29.8. The monoisotopic (exact) mass is 441 g/mol. The Morgan fingerprint density at radius 3 is 2.52 bits per heavy atom. The average molecular weight is 442 g/mol. The lowest BCUT2D eigenvalue weighted by Crippen LogP contribution is -2.34. The molecule has 0 spiro atoms. The van der Waals surface area contributed by atoms with E-state index in [9.17, 15) is 9.59 Å². The van der Waals surface area contributed by atoms with Crippen molar-refractivity contribution in [2.45, 2.75) is 34.1 Å². The number of likely N-dealkylation sites (N-methyl/N-ethyl adjacent to an activating group) is 1. The number of amides is 2. The van der Waals surface area contributed by atoms with Crippen LogP contribution < -0.4 is 10.1 Å². The van der Waals surface area contributed by atoms with Crippen molar-refractivity contribution in [2.75, 3.05) is 25.0 Å². The number of aromatic nitrogens is 1. The fourth-order valence-corrected chi connectivity index (χ4v) is 3.83. The Kier molecular flexibility index (Phi) is 7.23. The van der Waals surface area contributed by atoms with Crippen LogP contribution in [0.5, 0.6) is 5.75 Å². The van der Waals surface area contributed by atoms with E-state index >= 15 is 0 Å². The summed E-state index contributed by atoms with van der Waals surface area (Å²) >= 11 is 6.30. The minimum Gasteiger partial charge on any atom is -0.482 e. The molecule has 0 radical (unpaired) electrons.